The van der Waals surface area contributed by atoms with Gasteiger partial charge in [-0.15, -0.1) is 0 Å². The molecule has 4 nitrogen and oxygen atoms in total. The fourth-order valence-corrected chi connectivity index (χ4v) is 1.62. The van der Waals surface area contributed by atoms with E-state index in [1.165, 1.54) is 0 Å². The van der Waals surface area contributed by atoms with Crippen LogP contribution in [0.25, 0.3) is 0 Å². The molecule has 0 rings (SSSR count). The van der Waals surface area contributed by atoms with E-state index < -0.39 is 5.97 Å². The minimum Gasteiger partial charge on any atom is -0.478 e. The number of carboxylic acids is 1. The summed E-state index contributed by atoms with van der Waals surface area (Å²) in [7, 11) is 8.08. The molecule has 0 amide bonds. The lowest BCUT2D eigenvalue weighted by Crippen LogP contribution is -2.16. The second kappa shape index (κ2) is 8.25. The fourth-order valence-electron chi connectivity index (χ4n) is 1.62. The van der Waals surface area contributed by atoms with E-state index in [0.29, 0.717) is 5.57 Å². The maximum Gasteiger partial charge on any atom is 0.331 e. The number of aliphatic carboxylic acids is 1. The van der Waals surface area contributed by atoms with Gasteiger partial charge in [0.05, 0.1) is 0 Å². The first-order valence-corrected chi connectivity index (χ1v) is 6.06. The van der Waals surface area contributed by atoms with Gasteiger partial charge in [-0.25, -0.2) is 4.79 Å². The van der Waals surface area contributed by atoms with Gasteiger partial charge in [-0.05, 0) is 60.9 Å². The summed E-state index contributed by atoms with van der Waals surface area (Å²) >= 11 is 0. The van der Waals surface area contributed by atoms with Gasteiger partial charge in [-0.1, -0.05) is 5.57 Å². The van der Waals surface area contributed by atoms with Crippen LogP contribution in [0.1, 0.15) is 26.2 Å². The zero-order valence-corrected chi connectivity index (χ0v) is 11.8. The summed E-state index contributed by atoms with van der Waals surface area (Å²) in [5.41, 5.74) is 1.60. The zero-order valence-electron chi connectivity index (χ0n) is 11.8. The maximum atomic E-state index is 11.0. The minimum atomic E-state index is -0.788. The maximum absolute atomic E-state index is 11.0. The van der Waals surface area contributed by atoms with Gasteiger partial charge in [-0.3, -0.25) is 0 Å². The van der Waals surface area contributed by atoms with Gasteiger partial charge < -0.3 is 14.9 Å². The molecule has 0 radical (unpaired) electrons. The van der Waals surface area contributed by atoms with Gasteiger partial charge in [0, 0.05) is 12.1 Å². The Balaban J connectivity index is 4.41. The van der Waals surface area contributed by atoms with Crippen molar-refractivity contribution >= 4 is 5.97 Å². The number of nitrogens with zero attached hydrogens (tertiary/aromatic N) is 2. The normalized spacial score (nSPS) is 13.1. The van der Waals surface area contributed by atoms with E-state index in [9.17, 15) is 4.79 Å². The fraction of sp³-hybridized carbons (Fsp3) is 0.769. The summed E-state index contributed by atoms with van der Waals surface area (Å²) in [6, 6.07) is 0. The van der Waals surface area contributed by atoms with Crippen molar-refractivity contribution in [3.63, 3.8) is 0 Å². The quantitative estimate of drug-likeness (QED) is 0.658. The minimum absolute atomic E-state index is 0.519. The number of rotatable bonds is 8. The molecule has 0 aromatic rings. The van der Waals surface area contributed by atoms with Gasteiger partial charge in [-0.2, -0.15) is 0 Å². The third-order valence-corrected chi connectivity index (χ3v) is 2.80. The largest absolute Gasteiger partial charge is 0.478 e. The van der Waals surface area contributed by atoms with E-state index in [1.807, 2.05) is 28.2 Å². The Morgan fingerprint density at radius 1 is 1.00 bits per heavy atom. The van der Waals surface area contributed by atoms with Crippen LogP contribution in [0.3, 0.4) is 0 Å². The number of carbonyl (C=O) groups is 1. The van der Waals surface area contributed by atoms with Crippen LogP contribution in [0.5, 0.6) is 0 Å². The lowest BCUT2D eigenvalue weighted by atomic mass is 10.0. The van der Waals surface area contributed by atoms with E-state index in [0.717, 1.165) is 37.9 Å². The molecular weight excluding hydrogens is 216 g/mol. The molecule has 0 heterocycles. The Kier molecular flexibility index (Phi) is 7.83. The molecule has 17 heavy (non-hydrogen) atoms. The van der Waals surface area contributed by atoms with Crippen LogP contribution in [-0.2, 0) is 4.79 Å². The molecule has 1 N–H and O–H groups in total. The van der Waals surface area contributed by atoms with E-state index in [1.54, 1.807) is 6.92 Å². The molecule has 0 atom stereocenters. The molecule has 100 valence electrons. The lowest BCUT2D eigenvalue weighted by molar-refractivity contribution is -0.132. The third kappa shape index (κ3) is 7.94. The van der Waals surface area contributed by atoms with Gasteiger partial charge in [0.15, 0.2) is 0 Å². The van der Waals surface area contributed by atoms with Gasteiger partial charge in [0.2, 0.25) is 0 Å². The molecule has 0 fully saturated rings. The van der Waals surface area contributed by atoms with Crippen molar-refractivity contribution in [2.24, 2.45) is 0 Å². The number of hydrogen-bond donors (Lipinski definition) is 1. The highest BCUT2D eigenvalue weighted by molar-refractivity contribution is 5.86. The zero-order chi connectivity index (χ0) is 13.4. The molecule has 0 saturated heterocycles. The van der Waals surface area contributed by atoms with Gasteiger partial charge in [0.25, 0.3) is 0 Å². The molecule has 0 aromatic heterocycles. The van der Waals surface area contributed by atoms with Crippen LogP contribution < -0.4 is 0 Å². The van der Waals surface area contributed by atoms with E-state index in [-0.39, 0.29) is 0 Å². The first-order chi connectivity index (χ1) is 7.84. The van der Waals surface area contributed by atoms with Gasteiger partial charge in [0.1, 0.15) is 0 Å². The van der Waals surface area contributed by atoms with Crippen molar-refractivity contribution in [1.29, 1.82) is 0 Å². The Bertz CT molecular complexity index is 271. The second-order valence-electron chi connectivity index (χ2n) is 4.99. The second-order valence-corrected chi connectivity index (χ2v) is 4.99. The SMILES string of the molecule is CC(C(=O)O)=C(CCCN(C)C)CCN(C)C. The molecule has 0 unspecified atom stereocenters. The Labute approximate surface area is 105 Å². The lowest BCUT2D eigenvalue weighted by Gasteiger charge is -2.15. The van der Waals surface area contributed by atoms with Crippen molar-refractivity contribution in [3.8, 4) is 0 Å². The summed E-state index contributed by atoms with van der Waals surface area (Å²) in [5, 5.41) is 9.04. The summed E-state index contributed by atoms with van der Waals surface area (Å²) < 4.78 is 0. The van der Waals surface area contributed by atoms with Crippen LogP contribution in [-0.4, -0.2) is 62.2 Å². The smallest absolute Gasteiger partial charge is 0.331 e. The van der Waals surface area contributed by atoms with Crippen molar-refractivity contribution in [2.45, 2.75) is 26.2 Å². The molecule has 0 aliphatic carbocycles. The summed E-state index contributed by atoms with van der Waals surface area (Å²) in [4.78, 5) is 15.2. The van der Waals surface area contributed by atoms with E-state index >= 15 is 0 Å². The average Bonchev–Trinajstić information content (AvgIpc) is 2.21. The summed E-state index contributed by atoms with van der Waals surface area (Å²) in [6.07, 6.45) is 2.74. The highest BCUT2D eigenvalue weighted by Gasteiger charge is 2.09. The summed E-state index contributed by atoms with van der Waals surface area (Å²) in [6.45, 7) is 3.61. The number of carboxylic acid groups (broad SMARTS) is 1. The van der Waals surface area contributed by atoms with Crippen molar-refractivity contribution in [1.82, 2.24) is 9.80 Å². The number of hydrogen-bond acceptors (Lipinski definition) is 3. The van der Waals surface area contributed by atoms with Crippen molar-refractivity contribution < 1.29 is 9.90 Å². The first-order valence-electron chi connectivity index (χ1n) is 6.06. The third-order valence-electron chi connectivity index (χ3n) is 2.80. The Morgan fingerprint density at radius 3 is 1.94 bits per heavy atom. The van der Waals surface area contributed by atoms with Crippen LogP contribution in [0.2, 0.25) is 0 Å². The van der Waals surface area contributed by atoms with Crippen LogP contribution >= 0.6 is 0 Å². The van der Waals surface area contributed by atoms with Crippen molar-refractivity contribution in [3.05, 3.63) is 11.1 Å². The molecule has 0 saturated carbocycles. The van der Waals surface area contributed by atoms with Crippen LogP contribution in [0.4, 0.5) is 0 Å². The molecule has 0 aliphatic heterocycles. The predicted octanol–water partition coefficient (Wildman–Crippen LogP) is 1.68. The highest BCUT2D eigenvalue weighted by atomic mass is 16.4. The molecule has 0 aliphatic rings. The topological polar surface area (TPSA) is 43.8 Å². The van der Waals surface area contributed by atoms with Gasteiger partial charge >= 0.3 is 5.97 Å². The molecule has 0 aromatic carbocycles. The average molecular weight is 242 g/mol. The predicted molar refractivity (Wildman–Crippen MR) is 71.3 cm³/mol. The Hall–Kier alpha value is -0.870. The van der Waals surface area contributed by atoms with E-state index in [2.05, 4.69) is 9.80 Å². The standard InChI is InChI=1S/C13H26N2O2/c1-11(13(16)17)12(8-10-15(4)5)7-6-9-14(2)3/h6-10H2,1-5H3,(H,16,17). The molecule has 0 spiro atoms. The van der Waals surface area contributed by atoms with E-state index in [4.69, 9.17) is 5.11 Å². The Morgan fingerprint density at radius 2 is 1.53 bits per heavy atom. The monoisotopic (exact) mass is 242 g/mol. The summed E-state index contributed by atoms with van der Waals surface area (Å²) in [5.74, 6) is -0.788. The van der Waals surface area contributed by atoms with Crippen LogP contribution in [0, 0.1) is 0 Å². The first kappa shape index (κ1) is 16.1. The highest BCUT2D eigenvalue weighted by Crippen LogP contribution is 2.16. The molecule has 0 bridgehead atoms. The van der Waals surface area contributed by atoms with Crippen molar-refractivity contribution in [2.75, 3.05) is 41.3 Å². The molecular formula is C13H26N2O2. The van der Waals surface area contributed by atoms with Crippen LogP contribution in [0.15, 0.2) is 11.1 Å². The molecule has 4 heteroatoms.